The largest absolute Gasteiger partial charge is 0.479 e. The molecule has 4 saturated carbocycles. The molecule has 12 N–H and O–H groups in total. The van der Waals surface area contributed by atoms with E-state index in [2.05, 4.69) is 33.8 Å². The zero-order chi connectivity index (χ0) is 49.3. The fourth-order valence-corrected chi connectivity index (χ4v) is 15.1. The topological polar surface area (TPSA) is 315 Å². The fraction of sp³-hybridized carbons (Fsp3) is 0.938. The summed E-state index contributed by atoms with van der Waals surface area (Å²) < 4.78 is 36.2. The summed E-state index contributed by atoms with van der Waals surface area (Å²) in [5.74, 6) is -1.44. The van der Waals surface area contributed by atoms with Crippen molar-refractivity contribution in [1.82, 2.24) is 0 Å². The Morgan fingerprint density at radius 1 is 0.657 bits per heavy atom. The number of hydrogen-bond donors (Lipinski definition) is 12. The van der Waals surface area contributed by atoms with E-state index < -0.39 is 139 Å². The average molecular weight is 959 g/mol. The highest BCUT2D eigenvalue weighted by Gasteiger charge is 2.70. The van der Waals surface area contributed by atoms with Crippen molar-refractivity contribution in [3.8, 4) is 0 Å². The maximum atomic E-state index is 12.5. The highest BCUT2D eigenvalue weighted by molar-refractivity contribution is 5.73. The van der Waals surface area contributed by atoms with Crippen LogP contribution in [0.2, 0.25) is 0 Å². The molecule has 0 aromatic carbocycles. The third kappa shape index (κ3) is 7.83. The Hall–Kier alpha value is -1.47. The zero-order valence-electron chi connectivity index (χ0n) is 40.0. The average Bonchev–Trinajstić information content (AvgIpc) is 3.27. The van der Waals surface area contributed by atoms with Gasteiger partial charge in [-0.1, -0.05) is 60.1 Å². The molecule has 5 aliphatic carbocycles. The smallest absolute Gasteiger partial charge is 0.335 e. The second kappa shape index (κ2) is 17.9. The molecule has 19 heteroatoms. The van der Waals surface area contributed by atoms with E-state index in [9.17, 15) is 66.1 Å². The van der Waals surface area contributed by atoms with Crippen LogP contribution >= 0.6 is 0 Å². The quantitative estimate of drug-likeness (QED) is 0.104. The zero-order valence-corrected chi connectivity index (χ0v) is 40.0. The van der Waals surface area contributed by atoms with E-state index in [1.54, 1.807) is 0 Å². The van der Waals surface area contributed by atoms with E-state index in [0.717, 1.165) is 38.5 Å². The van der Waals surface area contributed by atoms with Crippen LogP contribution in [-0.2, 0) is 33.2 Å². The molecule has 3 saturated heterocycles. The first-order valence-corrected chi connectivity index (χ1v) is 24.4. The van der Waals surface area contributed by atoms with Crippen LogP contribution in [0.4, 0.5) is 0 Å². The summed E-state index contributed by atoms with van der Waals surface area (Å²) in [6.07, 6.45) is -20.7. The molecule has 0 amide bonds. The number of carboxylic acids is 1. The second-order valence-corrected chi connectivity index (χ2v) is 23.6. The fourth-order valence-electron chi connectivity index (χ4n) is 15.1. The molecule has 19 nitrogen and oxygen atoms in total. The van der Waals surface area contributed by atoms with Gasteiger partial charge in [0.25, 0.3) is 0 Å². The Balaban J connectivity index is 1.08. The predicted molar refractivity (Wildman–Crippen MR) is 232 cm³/mol. The molecule has 8 rings (SSSR count). The van der Waals surface area contributed by atoms with E-state index >= 15 is 0 Å². The minimum Gasteiger partial charge on any atom is -0.479 e. The molecule has 384 valence electrons. The van der Waals surface area contributed by atoms with Crippen LogP contribution in [0.3, 0.4) is 0 Å². The van der Waals surface area contributed by atoms with Gasteiger partial charge in [0.15, 0.2) is 25.0 Å². The summed E-state index contributed by atoms with van der Waals surface area (Å²) >= 11 is 0. The molecular formula is C48H78O19. The van der Waals surface area contributed by atoms with Crippen molar-refractivity contribution in [3.05, 3.63) is 11.6 Å². The van der Waals surface area contributed by atoms with Crippen LogP contribution < -0.4 is 0 Å². The molecule has 0 radical (unpaired) electrons. The van der Waals surface area contributed by atoms with Gasteiger partial charge < -0.3 is 89.7 Å². The Morgan fingerprint density at radius 3 is 1.91 bits per heavy atom. The maximum absolute atomic E-state index is 12.5. The van der Waals surface area contributed by atoms with E-state index in [0.29, 0.717) is 12.8 Å². The predicted octanol–water partition coefficient (Wildman–Crippen LogP) is -0.325. The molecule has 0 aromatic heterocycles. The number of aliphatic carboxylic acids is 1. The van der Waals surface area contributed by atoms with Crippen molar-refractivity contribution in [2.75, 3.05) is 13.2 Å². The summed E-state index contributed by atoms with van der Waals surface area (Å²) in [4.78, 5) is 12.5. The Labute approximate surface area is 392 Å². The van der Waals surface area contributed by atoms with Gasteiger partial charge in [-0.15, -0.1) is 0 Å². The van der Waals surface area contributed by atoms with Gasteiger partial charge in [-0.25, -0.2) is 4.79 Å². The second-order valence-electron chi connectivity index (χ2n) is 23.6. The molecule has 3 aliphatic heterocycles. The third-order valence-corrected chi connectivity index (χ3v) is 19.7. The number of ether oxygens (including phenoxy) is 6. The molecule has 3 heterocycles. The van der Waals surface area contributed by atoms with E-state index in [1.165, 1.54) is 12.5 Å². The highest BCUT2D eigenvalue weighted by atomic mass is 16.8. The van der Waals surface area contributed by atoms with Crippen molar-refractivity contribution in [2.24, 2.45) is 50.2 Å². The molecule has 0 aromatic rings. The summed E-state index contributed by atoms with van der Waals surface area (Å²) in [5, 5.41) is 131. The van der Waals surface area contributed by atoms with Crippen molar-refractivity contribution >= 4 is 5.97 Å². The number of aliphatic hydroxyl groups excluding tert-OH is 11. The molecule has 67 heavy (non-hydrogen) atoms. The van der Waals surface area contributed by atoms with Crippen molar-refractivity contribution < 1.29 is 94.5 Å². The minimum absolute atomic E-state index is 0.102. The number of carbonyl (C=O) groups is 1. The van der Waals surface area contributed by atoms with Crippen LogP contribution in [0.25, 0.3) is 0 Å². The summed E-state index contributed by atoms with van der Waals surface area (Å²) in [7, 11) is 0. The first kappa shape index (κ1) is 51.9. The number of carboxylic acid groups (broad SMARTS) is 1. The van der Waals surface area contributed by atoms with Crippen molar-refractivity contribution in [2.45, 2.75) is 217 Å². The van der Waals surface area contributed by atoms with Gasteiger partial charge in [0.05, 0.1) is 37.6 Å². The standard InChI is InChI=1S/C48H78O19/c1-20-27(51)29(53)33(57)40(62-20)66-35-30(54)28(52)23(18-49)63-41(35)67-36-32(56)31(55)34(39(60)61)65-42(36)64-26-12-13-45(5)24(46(26,6)19-50)11-14-48(8)25(45)10-9-21-22-17-43(2,3)37(58)38(59)44(22,4)15-16-47(21,48)7/h9,20,22-38,40-42,49-59H,10-19H2,1-8H3,(H,60,61)/t20-,22+,23+,24-,25-,26+,27-,28+,29+,30+,31+,32+,33+,34+,35-,36+,37+,38+,40+,41+,42+,44-,45+,46-,47-,48-/m0/s1. The van der Waals surface area contributed by atoms with E-state index in [-0.39, 0.29) is 40.6 Å². The van der Waals surface area contributed by atoms with E-state index in [4.69, 9.17) is 28.4 Å². The molecule has 0 unspecified atom stereocenters. The lowest BCUT2D eigenvalue weighted by Gasteiger charge is -2.72. The van der Waals surface area contributed by atoms with Crippen LogP contribution in [0.5, 0.6) is 0 Å². The van der Waals surface area contributed by atoms with Crippen LogP contribution in [0, 0.1) is 50.2 Å². The number of aliphatic hydroxyl groups is 11. The van der Waals surface area contributed by atoms with Gasteiger partial charge in [0.1, 0.15) is 61.0 Å². The van der Waals surface area contributed by atoms with Gasteiger partial charge in [-0.2, -0.15) is 0 Å². The Kier molecular flexibility index (Phi) is 13.9. The normalized spacial score (nSPS) is 56.4. The first-order valence-electron chi connectivity index (χ1n) is 24.4. The van der Waals surface area contributed by atoms with Gasteiger partial charge in [0, 0.05) is 10.8 Å². The summed E-state index contributed by atoms with van der Waals surface area (Å²) in [6, 6.07) is 0. The van der Waals surface area contributed by atoms with Crippen LogP contribution in [-0.4, -0.2) is 191 Å². The number of rotatable bonds is 9. The Morgan fingerprint density at radius 2 is 1.28 bits per heavy atom. The number of fused-ring (bicyclic) bond motifs is 7. The summed E-state index contributed by atoms with van der Waals surface area (Å²) in [5.41, 5.74) is -1.17. The van der Waals surface area contributed by atoms with Gasteiger partial charge >= 0.3 is 5.97 Å². The Bertz CT molecular complexity index is 1850. The van der Waals surface area contributed by atoms with Gasteiger partial charge in [-0.05, 0) is 97.7 Å². The van der Waals surface area contributed by atoms with E-state index in [1.807, 2.05) is 20.8 Å². The molecule has 26 atom stereocenters. The lowest BCUT2D eigenvalue weighted by atomic mass is 9.33. The van der Waals surface area contributed by atoms with Crippen molar-refractivity contribution in [3.63, 3.8) is 0 Å². The molecule has 8 aliphatic rings. The number of allylic oxidation sites excluding steroid dienone is 2. The molecule has 0 bridgehead atoms. The highest BCUT2D eigenvalue weighted by Crippen LogP contribution is 2.76. The third-order valence-electron chi connectivity index (χ3n) is 19.7. The van der Waals surface area contributed by atoms with Crippen LogP contribution in [0.1, 0.15) is 107 Å². The maximum Gasteiger partial charge on any atom is 0.335 e. The summed E-state index contributed by atoms with van der Waals surface area (Å²) in [6.45, 7) is 15.5. The minimum atomic E-state index is -2.08. The van der Waals surface area contributed by atoms with Crippen molar-refractivity contribution in [1.29, 1.82) is 0 Å². The van der Waals surface area contributed by atoms with Crippen LogP contribution in [0.15, 0.2) is 11.6 Å². The van der Waals surface area contributed by atoms with Gasteiger partial charge in [0.2, 0.25) is 0 Å². The molecule has 7 fully saturated rings. The van der Waals surface area contributed by atoms with Gasteiger partial charge in [-0.3, -0.25) is 0 Å². The SMILES string of the molecule is C[C@@H]1O[C@H](O[C@@H]2[C@@H](O[C@H]3[C@H](O[C@@H]4CC[C@]5(C)[C@H](CC[C@@]6(C)[C@H]5CC=C5[C@H]7CC(C)(C)[C@H](O)[C@@H](O)[C@@]7(C)CC[C@@]56C)[C@]4(C)CO)O[C@@H](C(=O)O)[C@H](O)[C@H]3O)O[C@H](CO)[C@@H](O)[C@H]2O)[C@H](O)[C@H](O)[C@H]1O. The number of hydrogen-bond acceptors (Lipinski definition) is 18. The molecular weight excluding hydrogens is 881 g/mol. The lowest BCUT2D eigenvalue weighted by Crippen LogP contribution is -2.68. The molecule has 0 spiro atoms. The lowest BCUT2D eigenvalue weighted by molar-refractivity contribution is -0.396. The monoisotopic (exact) mass is 959 g/mol. The first-order chi connectivity index (χ1) is 31.2.